The number of amides is 1. The van der Waals surface area contributed by atoms with Crippen molar-refractivity contribution in [2.75, 3.05) is 33.5 Å². The normalized spacial score (nSPS) is 26.2. The molecule has 1 saturated carbocycles. The van der Waals surface area contributed by atoms with Crippen LogP contribution in [0, 0.1) is 17.8 Å². The van der Waals surface area contributed by atoms with E-state index in [-0.39, 0.29) is 49.9 Å². The molecule has 6 unspecified atom stereocenters. The molecule has 1 heterocycles. The molecule has 2 aromatic rings. The van der Waals surface area contributed by atoms with E-state index in [1.807, 2.05) is 37.3 Å². The molecule has 49 heavy (non-hydrogen) atoms. The van der Waals surface area contributed by atoms with Crippen LogP contribution in [0.2, 0.25) is 0 Å². The van der Waals surface area contributed by atoms with E-state index >= 15 is 0 Å². The number of carbonyl (C=O) groups excluding carboxylic acids is 1. The highest BCUT2D eigenvalue weighted by atomic mass is 16.7. The SMILES string of the molecule is C=CCOC12Oc3ccc(O)cc3C3C(CCCCO)C(CCCCO)C=C(C(=NOC)CC1N(CCC)C(=O)OCc1ccccc1)C32. The van der Waals surface area contributed by atoms with E-state index in [2.05, 4.69) is 17.8 Å². The number of allylic oxidation sites excluding steroid dienone is 1. The smallest absolute Gasteiger partial charge is 0.410 e. The summed E-state index contributed by atoms with van der Waals surface area (Å²) in [5, 5.41) is 34.8. The Kier molecular flexibility index (Phi) is 12.8. The molecule has 6 atom stereocenters. The summed E-state index contributed by atoms with van der Waals surface area (Å²) in [5.74, 6) is -1.03. The van der Waals surface area contributed by atoms with Crippen LogP contribution in [0.15, 0.2) is 78.0 Å². The monoisotopic (exact) mass is 676 g/mol. The van der Waals surface area contributed by atoms with Crippen LogP contribution >= 0.6 is 0 Å². The van der Waals surface area contributed by atoms with Gasteiger partial charge in [-0.2, -0.15) is 0 Å². The van der Waals surface area contributed by atoms with Gasteiger partial charge in [0.15, 0.2) is 0 Å². The van der Waals surface area contributed by atoms with Gasteiger partial charge in [-0.25, -0.2) is 4.79 Å². The van der Waals surface area contributed by atoms with Crippen molar-refractivity contribution in [2.24, 2.45) is 22.9 Å². The first-order valence-electron chi connectivity index (χ1n) is 17.7. The van der Waals surface area contributed by atoms with Crippen LogP contribution in [-0.2, 0) is 20.9 Å². The number of hydrogen-bond donors (Lipinski definition) is 3. The number of phenolic OH excluding ortho intramolecular Hbond substituents is 1. The van der Waals surface area contributed by atoms with Crippen LogP contribution in [0.25, 0.3) is 0 Å². The van der Waals surface area contributed by atoms with Gasteiger partial charge in [0.05, 0.1) is 18.2 Å². The fraction of sp³-hybridized carbons (Fsp3) is 0.538. The number of aliphatic hydroxyl groups excluding tert-OH is 2. The molecule has 0 radical (unpaired) electrons. The largest absolute Gasteiger partial charge is 0.508 e. The molecule has 1 fully saturated rings. The number of fused-ring (bicyclic) bond motifs is 2. The van der Waals surface area contributed by atoms with Crippen molar-refractivity contribution in [3.8, 4) is 11.5 Å². The molecule has 1 amide bonds. The van der Waals surface area contributed by atoms with E-state index in [9.17, 15) is 20.1 Å². The van der Waals surface area contributed by atoms with E-state index in [0.29, 0.717) is 43.7 Å². The summed E-state index contributed by atoms with van der Waals surface area (Å²) >= 11 is 0. The molecule has 5 rings (SSSR count). The first kappa shape index (κ1) is 36.4. The van der Waals surface area contributed by atoms with Gasteiger partial charge in [-0.05, 0) is 73.3 Å². The highest BCUT2D eigenvalue weighted by Gasteiger charge is 2.65. The Balaban J connectivity index is 1.69. The number of rotatable bonds is 17. The van der Waals surface area contributed by atoms with Crippen LogP contribution in [0.4, 0.5) is 4.79 Å². The second kappa shape index (κ2) is 17.2. The van der Waals surface area contributed by atoms with Crippen molar-refractivity contribution in [1.82, 2.24) is 4.90 Å². The zero-order chi connectivity index (χ0) is 34.8. The number of carbonyl (C=O) groups is 1. The molecule has 1 aliphatic heterocycles. The quantitative estimate of drug-likeness (QED) is 0.0959. The summed E-state index contributed by atoms with van der Waals surface area (Å²) in [6.07, 6.45) is 9.17. The number of ether oxygens (including phenoxy) is 3. The molecule has 10 heteroatoms. The van der Waals surface area contributed by atoms with Crippen LogP contribution < -0.4 is 4.74 Å². The Morgan fingerprint density at radius 2 is 1.86 bits per heavy atom. The Morgan fingerprint density at radius 3 is 2.55 bits per heavy atom. The zero-order valence-corrected chi connectivity index (χ0v) is 28.8. The van der Waals surface area contributed by atoms with Crippen LogP contribution in [0.1, 0.15) is 75.3 Å². The molecular formula is C39H52N2O8. The molecule has 0 saturated heterocycles. The Hall–Kier alpha value is -3.86. The van der Waals surface area contributed by atoms with Gasteiger partial charge in [0.2, 0.25) is 5.79 Å². The first-order valence-corrected chi connectivity index (χ1v) is 17.7. The molecule has 3 N–H and O–H groups in total. The highest BCUT2D eigenvalue weighted by Crippen LogP contribution is 2.61. The molecule has 0 aromatic heterocycles. The third-order valence-corrected chi connectivity index (χ3v) is 10.1. The van der Waals surface area contributed by atoms with Gasteiger partial charge in [0, 0.05) is 37.7 Å². The van der Waals surface area contributed by atoms with Gasteiger partial charge >= 0.3 is 6.09 Å². The Labute approximate surface area is 290 Å². The Morgan fingerprint density at radius 1 is 1.10 bits per heavy atom. The third kappa shape index (κ3) is 7.82. The second-order valence-corrected chi connectivity index (χ2v) is 13.2. The van der Waals surface area contributed by atoms with E-state index < -0.39 is 23.8 Å². The summed E-state index contributed by atoms with van der Waals surface area (Å²) in [4.78, 5) is 21.3. The number of unbranched alkanes of at least 4 members (excludes halogenated alkanes) is 2. The standard InChI is InChI=1S/C39H52N2O8/c1-4-19-41(38(45)47-26-27-13-7-6-8-14-27)35-25-33(40-46-3)31-23-28(15-9-11-20-42)30(16-10-12-21-43)36-32-24-29(44)17-18-34(32)49-39(35,37(31)36)48-22-5-2/h5-8,13-14,17-18,23-24,28,30,35-37,42-44H,2,4,9-12,15-16,19-22,25-26H2,1,3H3. The van der Waals surface area contributed by atoms with Crippen molar-refractivity contribution in [3.63, 3.8) is 0 Å². The number of nitrogens with zero attached hydrogens (tertiary/aromatic N) is 2. The van der Waals surface area contributed by atoms with Gasteiger partial charge in [-0.1, -0.05) is 67.4 Å². The average molecular weight is 677 g/mol. The van der Waals surface area contributed by atoms with Crippen molar-refractivity contribution in [1.29, 1.82) is 0 Å². The minimum Gasteiger partial charge on any atom is -0.508 e. The van der Waals surface area contributed by atoms with Crippen molar-refractivity contribution < 1.29 is 39.2 Å². The van der Waals surface area contributed by atoms with Crippen molar-refractivity contribution in [3.05, 3.63) is 84.0 Å². The summed E-state index contributed by atoms with van der Waals surface area (Å²) in [6, 6.07) is 14.1. The predicted octanol–water partition coefficient (Wildman–Crippen LogP) is 6.70. The molecule has 0 bridgehead atoms. The minimum absolute atomic E-state index is 0.0855. The second-order valence-electron chi connectivity index (χ2n) is 13.2. The van der Waals surface area contributed by atoms with Gasteiger partial charge in [0.25, 0.3) is 0 Å². The van der Waals surface area contributed by atoms with Crippen molar-refractivity contribution in [2.45, 2.75) is 82.6 Å². The lowest BCUT2D eigenvalue weighted by molar-refractivity contribution is -0.255. The number of phenols is 1. The summed E-state index contributed by atoms with van der Waals surface area (Å²) in [6.45, 7) is 6.89. The van der Waals surface area contributed by atoms with Crippen LogP contribution in [-0.4, -0.2) is 77.3 Å². The van der Waals surface area contributed by atoms with E-state index in [0.717, 1.165) is 42.4 Å². The first-order chi connectivity index (χ1) is 23.9. The molecule has 2 aliphatic carbocycles. The molecule has 3 aliphatic rings. The molecule has 10 nitrogen and oxygen atoms in total. The van der Waals surface area contributed by atoms with E-state index in [4.69, 9.17) is 19.0 Å². The maximum absolute atomic E-state index is 14.1. The number of aliphatic hydroxyl groups is 2. The fourth-order valence-electron chi connectivity index (χ4n) is 8.19. The van der Waals surface area contributed by atoms with Gasteiger partial charge in [-0.15, -0.1) is 6.58 Å². The van der Waals surface area contributed by atoms with Gasteiger partial charge in [-0.3, -0.25) is 4.90 Å². The Bertz CT molecular complexity index is 1460. The van der Waals surface area contributed by atoms with E-state index in [1.165, 1.54) is 7.11 Å². The predicted molar refractivity (Wildman–Crippen MR) is 187 cm³/mol. The van der Waals surface area contributed by atoms with Crippen LogP contribution in [0.3, 0.4) is 0 Å². The fourth-order valence-corrected chi connectivity index (χ4v) is 8.19. The van der Waals surface area contributed by atoms with Crippen molar-refractivity contribution >= 4 is 11.8 Å². The minimum atomic E-state index is -1.35. The van der Waals surface area contributed by atoms with E-state index in [1.54, 1.807) is 29.2 Å². The van der Waals surface area contributed by atoms with Crippen LogP contribution in [0.5, 0.6) is 11.5 Å². The number of benzene rings is 2. The number of hydrogen-bond acceptors (Lipinski definition) is 9. The molecule has 266 valence electrons. The highest BCUT2D eigenvalue weighted by molar-refractivity contribution is 6.02. The molecular weight excluding hydrogens is 624 g/mol. The lowest BCUT2D eigenvalue weighted by atomic mass is 9.55. The average Bonchev–Trinajstić information content (AvgIpc) is 3.11. The summed E-state index contributed by atoms with van der Waals surface area (Å²) in [5.41, 5.74) is 3.42. The number of oxime groups is 1. The third-order valence-electron chi connectivity index (χ3n) is 10.1. The maximum Gasteiger partial charge on any atom is 0.410 e. The lowest BCUT2D eigenvalue weighted by Crippen LogP contribution is -2.70. The van der Waals surface area contributed by atoms with Gasteiger partial charge in [0.1, 0.15) is 31.3 Å². The topological polar surface area (TPSA) is 130 Å². The summed E-state index contributed by atoms with van der Waals surface area (Å²) in [7, 11) is 1.53. The number of aromatic hydroxyl groups is 1. The zero-order valence-electron chi connectivity index (χ0n) is 28.8. The van der Waals surface area contributed by atoms with Gasteiger partial charge < -0.3 is 34.4 Å². The molecule has 2 aromatic carbocycles. The molecule has 0 spiro atoms. The summed E-state index contributed by atoms with van der Waals surface area (Å²) < 4.78 is 19.9. The lowest BCUT2D eigenvalue weighted by Gasteiger charge is -2.59. The maximum atomic E-state index is 14.1.